The quantitative estimate of drug-likeness (QED) is 0.301. The summed E-state index contributed by atoms with van der Waals surface area (Å²) in [5.41, 5.74) is 11.4. The number of rotatable bonds is 8. The molecule has 0 aromatic carbocycles. The van der Waals surface area contributed by atoms with E-state index in [1.54, 1.807) is 6.08 Å². The molecule has 0 spiro atoms. The van der Waals surface area contributed by atoms with Gasteiger partial charge in [0, 0.05) is 40.6 Å². The molecule has 0 bridgehead atoms. The normalized spacial score (nSPS) is 20.6. The predicted octanol–water partition coefficient (Wildman–Crippen LogP) is 7.69. The molecule has 0 radical (unpaired) electrons. The number of Topliss-reactive ketones (excluding diaryl/α,β-unsaturated/α-hetero) is 2. The van der Waals surface area contributed by atoms with Gasteiger partial charge in [-0.25, -0.2) is 5.53 Å². The van der Waals surface area contributed by atoms with E-state index in [2.05, 4.69) is 51.0 Å². The number of hydrogen-bond acceptors (Lipinski definition) is 6. The van der Waals surface area contributed by atoms with E-state index >= 15 is 0 Å². The van der Waals surface area contributed by atoms with Gasteiger partial charge in [-0.2, -0.15) is 5.11 Å². The van der Waals surface area contributed by atoms with Gasteiger partial charge in [0.1, 0.15) is 0 Å². The Labute approximate surface area is 217 Å². The van der Waals surface area contributed by atoms with E-state index < -0.39 is 0 Å². The second-order valence-electron chi connectivity index (χ2n) is 10.8. The van der Waals surface area contributed by atoms with Gasteiger partial charge in [-0.15, -0.1) is 0 Å². The van der Waals surface area contributed by atoms with Crippen LogP contribution in [0.25, 0.3) is 0 Å². The van der Waals surface area contributed by atoms with Crippen molar-refractivity contribution in [1.29, 1.82) is 16.3 Å². The smallest absolute Gasteiger partial charge is 0.160 e. The van der Waals surface area contributed by atoms with Gasteiger partial charge in [-0.1, -0.05) is 73.6 Å². The summed E-state index contributed by atoms with van der Waals surface area (Å²) in [6.45, 7) is 19.4. The van der Waals surface area contributed by atoms with Crippen molar-refractivity contribution in [3.8, 4) is 0 Å². The van der Waals surface area contributed by atoms with Gasteiger partial charge >= 0.3 is 0 Å². The van der Waals surface area contributed by atoms with Crippen LogP contribution in [-0.4, -0.2) is 23.0 Å². The van der Waals surface area contributed by atoms with E-state index in [0.717, 1.165) is 11.3 Å². The Bertz CT molecular complexity index is 1060. The average molecular weight is 493 g/mol. The van der Waals surface area contributed by atoms with Crippen LogP contribution in [0.5, 0.6) is 0 Å². The van der Waals surface area contributed by atoms with Crippen molar-refractivity contribution in [1.82, 2.24) is 0 Å². The lowest BCUT2D eigenvalue weighted by Crippen LogP contribution is -2.34. The maximum atomic E-state index is 12.3. The highest BCUT2D eigenvalue weighted by molar-refractivity contribution is 6.18. The van der Waals surface area contributed by atoms with Gasteiger partial charge in [0.05, 0.1) is 0 Å². The molecule has 36 heavy (non-hydrogen) atoms. The van der Waals surface area contributed by atoms with Crippen molar-refractivity contribution >= 4 is 23.0 Å². The van der Waals surface area contributed by atoms with Crippen LogP contribution in [0, 0.1) is 51.9 Å². The van der Waals surface area contributed by atoms with Crippen molar-refractivity contribution in [3.05, 3.63) is 58.4 Å². The van der Waals surface area contributed by atoms with Crippen LogP contribution in [0.15, 0.2) is 63.5 Å². The topological polar surface area (TPSA) is 118 Å². The zero-order chi connectivity index (χ0) is 27.9. The van der Waals surface area contributed by atoms with Gasteiger partial charge in [0.15, 0.2) is 11.6 Å². The fourth-order valence-corrected chi connectivity index (χ4v) is 4.96. The van der Waals surface area contributed by atoms with Crippen LogP contribution >= 0.6 is 0 Å². The van der Waals surface area contributed by atoms with Gasteiger partial charge in [0.2, 0.25) is 0 Å². The summed E-state index contributed by atoms with van der Waals surface area (Å²) in [7, 11) is 0. The first kappa shape index (κ1) is 31.0. The highest BCUT2D eigenvalue weighted by Gasteiger charge is 2.38. The van der Waals surface area contributed by atoms with E-state index in [1.165, 1.54) is 25.6 Å². The van der Waals surface area contributed by atoms with E-state index in [0.29, 0.717) is 40.2 Å². The summed E-state index contributed by atoms with van der Waals surface area (Å²) >= 11 is 0. The van der Waals surface area contributed by atoms with Crippen molar-refractivity contribution in [2.24, 2.45) is 40.6 Å². The Kier molecular flexibility index (Phi) is 11.5. The van der Waals surface area contributed by atoms with Crippen LogP contribution in [0.2, 0.25) is 0 Å². The molecule has 2 unspecified atom stereocenters. The second kappa shape index (κ2) is 13.3. The molecule has 0 aliphatic heterocycles. The molecule has 0 heterocycles. The minimum Gasteiger partial charge on any atom is -0.304 e. The first-order valence-corrected chi connectivity index (χ1v) is 12.8. The van der Waals surface area contributed by atoms with Crippen molar-refractivity contribution in [3.63, 3.8) is 0 Å². The number of ketones is 2. The summed E-state index contributed by atoms with van der Waals surface area (Å²) in [5, 5.41) is 19.9. The van der Waals surface area contributed by atoms with Crippen molar-refractivity contribution in [2.75, 3.05) is 0 Å². The van der Waals surface area contributed by atoms with Gasteiger partial charge in [-0.05, 0) is 60.3 Å². The molecule has 6 heteroatoms. The molecule has 6 nitrogen and oxygen atoms in total. The number of carbonyl (C=O) groups is 2. The third-order valence-corrected chi connectivity index (χ3v) is 6.61. The summed E-state index contributed by atoms with van der Waals surface area (Å²) in [5.74, 6) is 0.625. The lowest BCUT2D eigenvalue weighted by molar-refractivity contribution is -0.116. The van der Waals surface area contributed by atoms with E-state index in [1.807, 2.05) is 27.7 Å². The Morgan fingerprint density at radius 3 is 1.86 bits per heavy atom. The van der Waals surface area contributed by atoms with Crippen LogP contribution in [0.4, 0.5) is 0 Å². The van der Waals surface area contributed by atoms with Gasteiger partial charge in [-0.3, -0.25) is 9.59 Å². The Morgan fingerprint density at radius 1 is 0.889 bits per heavy atom. The molecule has 2 rings (SSSR count). The zero-order valence-electron chi connectivity index (χ0n) is 23.6. The molecule has 0 saturated carbocycles. The molecule has 0 aromatic rings. The fourth-order valence-electron chi connectivity index (χ4n) is 4.96. The third kappa shape index (κ3) is 7.02. The van der Waals surface area contributed by atoms with Crippen LogP contribution in [0.3, 0.4) is 0 Å². The lowest BCUT2D eigenvalue weighted by Gasteiger charge is -2.34. The molecule has 2 atom stereocenters. The molecular formula is C30H44N4O2. The number of hydrogen-bond donors (Lipinski definition) is 3. The average Bonchev–Trinajstić information content (AvgIpc) is 2.76. The van der Waals surface area contributed by atoms with Crippen LogP contribution in [0.1, 0.15) is 69.2 Å². The first-order chi connectivity index (χ1) is 16.7. The van der Waals surface area contributed by atoms with Crippen LogP contribution in [-0.2, 0) is 9.59 Å². The zero-order valence-corrected chi connectivity index (χ0v) is 23.6. The SMILES string of the molecule is CC(=O)C1=C(C(C)=O)C(C(C)C)C(=N)C(C(C)C)=C1C=CN=N.CC(C)C1=CC=CC(C(C)C)C1=N. The van der Waals surface area contributed by atoms with Crippen LogP contribution < -0.4 is 0 Å². The molecule has 2 aliphatic carbocycles. The molecule has 0 amide bonds. The van der Waals surface area contributed by atoms with Crippen molar-refractivity contribution in [2.45, 2.75) is 69.2 Å². The summed E-state index contributed by atoms with van der Waals surface area (Å²) in [6.07, 6.45) is 9.15. The standard InChI is InChI=1S/C18H25N3O2.C12H19N/c1-9(2)14-13(7-8-21-20)16(11(5)22)17(12(6)23)15(10(3)4)18(14)19;1-8(2)10-6-5-7-11(9(3)4)12(10)13/h7-10,15,19-20H,1-6H3;5-10,13H,1-4H3. The van der Waals surface area contributed by atoms with E-state index in [-0.39, 0.29) is 29.3 Å². The maximum Gasteiger partial charge on any atom is 0.160 e. The fraction of sp³-hybridized carbons (Fsp3) is 0.533. The molecule has 3 N–H and O–H groups in total. The Balaban J connectivity index is 0.000000420. The second-order valence-corrected chi connectivity index (χ2v) is 10.8. The highest BCUT2D eigenvalue weighted by Crippen LogP contribution is 2.40. The van der Waals surface area contributed by atoms with E-state index in [4.69, 9.17) is 16.3 Å². The molecular weight excluding hydrogens is 448 g/mol. The Morgan fingerprint density at radius 2 is 1.47 bits per heavy atom. The summed E-state index contributed by atoms with van der Waals surface area (Å²) < 4.78 is 0. The Hall–Kier alpha value is -3.02. The molecule has 196 valence electrons. The number of allylic oxidation sites excluding steroid dienone is 9. The highest BCUT2D eigenvalue weighted by atomic mass is 16.1. The molecule has 0 saturated heterocycles. The minimum absolute atomic E-state index is 0.0250. The maximum absolute atomic E-state index is 12.3. The lowest BCUT2D eigenvalue weighted by atomic mass is 9.68. The van der Waals surface area contributed by atoms with Gasteiger partial charge in [0.25, 0.3) is 0 Å². The third-order valence-electron chi connectivity index (χ3n) is 6.61. The molecule has 0 fully saturated rings. The number of nitrogens with one attached hydrogen (secondary N) is 3. The summed E-state index contributed by atoms with van der Waals surface area (Å²) in [6, 6.07) is 0. The largest absolute Gasteiger partial charge is 0.304 e. The minimum atomic E-state index is -0.381. The van der Waals surface area contributed by atoms with Gasteiger partial charge < -0.3 is 10.8 Å². The molecule has 2 aliphatic rings. The monoisotopic (exact) mass is 492 g/mol. The predicted molar refractivity (Wildman–Crippen MR) is 149 cm³/mol. The summed E-state index contributed by atoms with van der Waals surface area (Å²) in [4.78, 5) is 24.6. The number of nitrogens with zero attached hydrogens (tertiary/aromatic N) is 1. The van der Waals surface area contributed by atoms with Crippen molar-refractivity contribution < 1.29 is 9.59 Å². The van der Waals surface area contributed by atoms with E-state index in [9.17, 15) is 9.59 Å². The molecule has 0 aromatic heterocycles. The first-order valence-electron chi connectivity index (χ1n) is 12.8. The number of carbonyl (C=O) groups excluding carboxylic acids is 2.